The van der Waals surface area contributed by atoms with Gasteiger partial charge in [0.05, 0.1) is 20.3 Å². The molecule has 0 saturated heterocycles. The Labute approximate surface area is 114 Å². The van der Waals surface area contributed by atoms with Gasteiger partial charge in [-0.15, -0.1) is 4.98 Å². The third kappa shape index (κ3) is 2.42. The van der Waals surface area contributed by atoms with Gasteiger partial charge in [0.15, 0.2) is 11.5 Å². The molecule has 0 amide bonds. The van der Waals surface area contributed by atoms with Crippen LogP contribution >= 0.6 is 0 Å². The van der Waals surface area contributed by atoms with E-state index in [-0.39, 0.29) is 6.01 Å². The van der Waals surface area contributed by atoms with Crippen LogP contribution in [0.25, 0.3) is 11.4 Å². The zero-order chi connectivity index (χ0) is 13.9. The second kappa shape index (κ2) is 5.20. The Balaban J connectivity index is 2.04. The number of methoxy groups -OCH3 is 1. The molecule has 1 aromatic carbocycles. The molecule has 7 heteroatoms. The molecular weight excluding hydrogens is 262 g/mol. The van der Waals surface area contributed by atoms with Gasteiger partial charge in [-0.25, -0.2) is 4.79 Å². The summed E-state index contributed by atoms with van der Waals surface area (Å²) in [6.07, 6.45) is 0.835. The van der Waals surface area contributed by atoms with Crippen molar-refractivity contribution in [1.29, 1.82) is 0 Å². The number of aromatic nitrogens is 3. The number of nitrogens with one attached hydrogen (secondary N) is 1. The lowest BCUT2D eigenvalue weighted by Crippen LogP contribution is -2.14. The fourth-order valence-corrected chi connectivity index (χ4v) is 1.90. The van der Waals surface area contributed by atoms with Gasteiger partial charge in [0.2, 0.25) is 0 Å². The first-order valence-electron chi connectivity index (χ1n) is 6.18. The number of aromatic amines is 1. The highest BCUT2D eigenvalue weighted by molar-refractivity contribution is 5.61. The van der Waals surface area contributed by atoms with Crippen LogP contribution in [0, 0.1) is 0 Å². The van der Waals surface area contributed by atoms with Crippen molar-refractivity contribution in [2.75, 3.05) is 20.3 Å². The van der Waals surface area contributed by atoms with Crippen LogP contribution in [-0.2, 0) is 0 Å². The summed E-state index contributed by atoms with van der Waals surface area (Å²) in [5.41, 5.74) is 0.186. The van der Waals surface area contributed by atoms with Crippen LogP contribution < -0.4 is 19.9 Å². The molecule has 1 aliphatic rings. The summed E-state index contributed by atoms with van der Waals surface area (Å²) in [5, 5.41) is 0. The van der Waals surface area contributed by atoms with E-state index < -0.39 is 5.69 Å². The van der Waals surface area contributed by atoms with E-state index in [1.807, 2.05) is 0 Å². The van der Waals surface area contributed by atoms with Gasteiger partial charge in [0.25, 0.3) is 0 Å². The average Bonchev–Trinajstić information content (AvgIpc) is 2.70. The van der Waals surface area contributed by atoms with Crippen LogP contribution in [0.2, 0.25) is 0 Å². The predicted molar refractivity (Wildman–Crippen MR) is 70.2 cm³/mol. The number of hydrogen-bond donors (Lipinski definition) is 1. The molecule has 104 valence electrons. The van der Waals surface area contributed by atoms with Crippen LogP contribution in [0.4, 0.5) is 0 Å². The maximum absolute atomic E-state index is 11.4. The summed E-state index contributed by atoms with van der Waals surface area (Å²) in [4.78, 5) is 21.7. The van der Waals surface area contributed by atoms with E-state index in [4.69, 9.17) is 14.2 Å². The quantitative estimate of drug-likeness (QED) is 0.880. The second-order valence-electron chi connectivity index (χ2n) is 4.20. The number of fused-ring (bicyclic) bond motifs is 1. The van der Waals surface area contributed by atoms with E-state index in [9.17, 15) is 4.79 Å². The van der Waals surface area contributed by atoms with E-state index in [0.29, 0.717) is 36.1 Å². The summed E-state index contributed by atoms with van der Waals surface area (Å²) >= 11 is 0. The van der Waals surface area contributed by atoms with Crippen LogP contribution in [0.1, 0.15) is 6.42 Å². The van der Waals surface area contributed by atoms with Crippen LogP contribution in [0.15, 0.2) is 23.0 Å². The molecule has 1 N–H and O–H groups in total. The van der Waals surface area contributed by atoms with Gasteiger partial charge in [-0.1, -0.05) is 0 Å². The first kappa shape index (κ1) is 12.5. The molecule has 1 aromatic heterocycles. The van der Waals surface area contributed by atoms with Gasteiger partial charge in [0.1, 0.15) is 5.82 Å². The predicted octanol–water partition coefficient (Wildman–Crippen LogP) is 1.00. The van der Waals surface area contributed by atoms with E-state index in [0.717, 1.165) is 6.42 Å². The van der Waals surface area contributed by atoms with Crippen LogP contribution in [0.3, 0.4) is 0 Å². The Kier molecular flexibility index (Phi) is 3.24. The van der Waals surface area contributed by atoms with Crippen molar-refractivity contribution in [2.45, 2.75) is 6.42 Å². The van der Waals surface area contributed by atoms with Crippen LogP contribution in [-0.4, -0.2) is 35.3 Å². The SMILES string of the molecule is COc1nc(-c2ccc3c(c2)OCCCO3)[nH]c(=O)n1. The van der Waals surface area contributed by atoms with Crippen molar-refractivity contribution in [3.05, 3.63) is 28.7 Å². The topological polar surface area (TPSA) is 86.3 Å². The lowest BCUT2D eigenvalue weighted by atomic mass is 10.2. The second-order valence-corrected chi connectivity index (χ2v) is 4.20. The third-order valence-corrected chi connectivity index (χ3v) is 2.83. The molecule has 3 rings (SSSR count). The van der Waals surface area contributed by atoms with Gasteiger partial charge in [0, 0.05) is 12.0 Å². The molecule has 0 aliphatic carbocycles. The largest absolute Gasteiger partial charge is 0.490 e. The lowest BCUT2D eigenvalue weighted by Gasteiger charge is -2.09. The zero-order valence-corrected chi connectivity index (χ0v) is 10.9. The van der Waals surface area contributed by atoms with Crippen molar-refractivity contribution >= 4 is 0 Å². The molecule has 2 aromatic rings. The molecule has 1 aliphatic heterocycles. The number of benzene rings is 1. The minimum absolute atomic E-state index is 0.0239. The summed E-state index contributed by atoms with van der Waals surface area (Å²) in [7, 11) is 1.41. The van der Waals surface area contributed by atoms with E-state index in [1.165, 1.54) is 7.11 Å². The number of nitrogens with zero attached hydrogens (tertiary/aromatic N) is 2. The fourth-order valence-electron chi connectivity index (χ4n) is 1.90. The Morgan fingerprint density at radius 1 is 1.20 bits per heavy atom. The Bertz CT molecular complexity index is 684. The third-order valence-electron chi connectivity index (χ3n) is 2.83. The van der Waals surface area contributed by atoms with Gasteiger partial charge in [-0.05, 0) is 18.2 Å². The van der Waals surface area contributed by atoms with Crippen molar-refractivity contribution in [2.24, 2.45) is 0 Å². The Hall–Kier alpha value is -2.57. The highest BCUT2D eigenvalue weighted by atomic mass is 16.5. The molecule has 0 unspecified atom stereocenters. The number of hydrogen-bond acceptors (Lipinski definition) is 6. The number of H-pyrrole nitrogens is 1. The van der Waals surface area contributed by atoms with Gasteiger partial charge >= 0.3 is 11.7 Å². The van der Waals surface area contributed by atoms with Crippen molar-refractivity contribution in [1.82, 2.24) is 15.0 Å². The summed E-state index contributed by atoms with van der Waals surface area (Å²) in [6.45, 7) is 1.23. The molecular formula is C13H13N3O4. The van der Waals surface area contributed by atoms with E-state index >= 15 is 0 Å². The van der Waals surface area contributed by atoms with E-state index in [2.05, 4.69) is 15.0 Å². The Morgan fingerprint density at radius 3 is 2.80 bits per heavy atom. The van der Waals surface area contributed by atoms with Gasteiger partial charge in [-0.2, -0.15) is 4.98 Å². The first-order chi connectivity index (χ1) is 9.76. The monoisotopic (exact) mass is 275 g/mol. The number of rotatable bonds is 2. The standard InChI is InChI=1S/C13H13N3O4/c1-18-13-15-11(14-12(17)16-13)8-3-4-9-10(7-8)20-6-2-5-19-9/h3-4,7H,2,5-6H2,1H3,(H,14,15,16,17). The molecule has 20 heavy (non-hydrogen) atoms. The highest BCUT2D eigenvalue weighted by Crippen LogP contribution is 2.33. The molecule has 0 spiro atoms. The summed E-state index contributed by atoms with van der Waals surface area (Å²) in [6, 6.07) is 5.39. The smallest absolute Gasteiger partial charge is 0.351 e. The normalized spacial score (nSPS) is 13.7. The fraction of sp³-hybridized carbons (Fsp3) is 0.308. The zero-order valence-electron chi connectivity index (χ0n) is 10.9. The van der Waals surface area contributed by atoms with Gasteiger partial charge in [-0.3, -0.25) is 4.98 Å². The van der Waals surface area contributed by atoms with E-state index in [1.54, 1.807) is 18.2 Å². The maximum atomic E-state index is 11.4. The average molecular weight is 275 g/mol. The highest BCUT2D eigenvalue weighted by Gasteiger charge is 2.13. The van der Waals surface area contributed by atoms with Crippen molar-refractivity contribution in [3.63, 3.8) is 0 Å². The lowest BCUT2D eigenvalue weighted by molar-refractivity contribution is 0.297. The molecule has 2 heterocycles. The minimum atomic E-state index is -0.515. The minimum Gasteiger partial charge on any atom is -0.490 e. The maximum Gasteiger partial charge on any atom is 0.351 e. The molecule has 0 radical (unpaired) electrons. The molecule has 0 bridgehead atoms. The number of ether oxygens (including phenoxy) is 3. The van der Waals surface area contributed by atoms with Crippen molar-refractivity contribution < 1.29 is 14.2 Å². The molecule has 0 fully saturated rings. The summed E-state index contributed by atoms with van der Waals surface area (Å²) < 4.78 is 16.1. The van der Waals surface area contributed by atoms with Gasteiger partial charge < -0.3 is 14.2 Å². The molecule has 7 nitrogen and oxygen atoms in total. The molecule has 0 saturated carbocycles. The van der Waals surface area contributed by atoms with Crippen LogP contribution in [0.5, 0.6) is 17.5 Å². The molecule has 0 atom stereocenters. The Morgan fingerprint density at radius 2 is 2.00 bits per heavy atom. The summed E-state index contributed by atoms with van der Waals surface area (Å²) in [5.74, 6) is 1.70. The first-order valence-corrected chi connectivity index (χ1v) is 6.18. The van der Waals surface area contributed by atoms with Crippen molar-refractivity contribution in [3.8, 4) is 28.9 Å².